The van der Waals surface area contributed by atoms with Crippen LogP contribution in [-0.2, 0) is 9.53 Å². The molecule has 0 aliphatic rings. The van der Waals surface area contributed by atoms with Gasteiger partial charge in [-0.25, -0.2) is 4.79 Å². The van der Waals surface area contributed by atoms with Crippen molar-refractivity contribution in [3.8, 4) is 11.1 Å². The number of aryl methyl sites for hydroxylation is 1. The average molecular weight is 481 g/mol. The van der Waals surface area contributed by atoms with E-state index in [0.29, 0.717) is 5.56 Å². The SMILES string of the molecule is Cc1ccc(NC(=O)CC(=O)c2cccc(-c3ccnnc3)c2)c(N(Cl)C(=O)OC(C)(C)C)c1. The highest BCUT2D eigenvalue weighted by Gasteiger charge is 2.25. The Bertz CT molecular complexity index is 1210. The van der Waals surface area contributed by atoms with Crippen LogP contribution in [0.5, 0.6) is 0 Å². The number of nitrogens with one attached hydrogen (secondary N) is 1. The van der Waals surface area contributed by atoms with Crippen molar-refractivity contribution >= 4 is 40.9 Å². The van der Waals surface area contributed by atoms with E-state index in [2.05, 4.69) is 15.5 Å². The third-order valence-electron chi connectivity index (χ3n) is 4.62. The van der Waals surface area contributed by atoms with Crippen LogP contribution in [0.4, 0.5) is 16.2 Å². The average Bonchev–Trinajstić information content (AvgIpc) is 2.79. The van der Waals surface area contributed by atoms with Gasteiger partial charge in [-0.15, -0.1) is 0 Å². The fraction of sp³-hybridized carbons (Fsp3) is 0.240. The second kappa shape index (κ2) is 10.4. The lowest BCUT2D eigenvalue weighted by Crippen LogP contribution is -2.31. The number of carbonyl (C=O) groups is 3. The zero-order chi connectivity index (χ0) is 24.9. The van der Waals surface area contributed by atoms with E-state index in [9.17, 15) is 14.4 Å². The fourth-order valence-corrected chi connectivity index (χ4v) is 3.26. The molecule has 0 saturated heterocycles. The number of aromatic nitrogens is 2. The largest absolute Gasteiger partial charge is 0.443 e. The maximum Gasteiger partial charge on any atom is 0.429 e. The molecular formula is C25H25ClN4O4. The zero-order valence-electron chi connectivity index (χ0n) is 19.3. The molecule has 34 heavy (non-hydrogen) atoms. The highest BCUT2D eigenvalue weighted by atomic mass is 35.5. The van der Waals surface area contributed by atoms with Gasteiger partial charge in [0, 0.05) is 22.9 Å². The maximum absolute atomic E-state index is 12.8. The van der Waals surface area contributed by atoms with Crippen LogP contribution in [0.25, 0.3) is 11.1 Å². The predicted molar refractivity (Wildman–Crippen MR) is 131 cm³/mol. The molecule has 0 saturated carbocycles. The second-order valence-electron chi connectivity index (χ2n) is 8.64. The van der Waals surface area contributed by atoms with Gasteiger partial charge in [0.2, 0.25) is 5.91 Å². The van der Waals surface area contributed by atoms with Crippen LogP contribution < -0.4 is 9.74 Å². The Labute approximate surface area is 203 Å². The van der Waals surface area contributed by atoms with E-state index in [1.165, 1.54) is 0 Å². The van der Waals surface area contributed by atoms with E-state index < -0.39 is 17.6 Å². The molecule has 176 valence electrons. The van der Waals surface area contributed by atoms with Crippen molar-refractivity contribution in [1.82, 2.24) is 10.2 Å². The monoisotopic (exact) mass is 480 g/mol. The lowest BCUT2D eigenvalue weighted by Gasteiger charge is -2.24. The van der Waals surface area contributed by atoms with Crippen molar-refractivity contribution in [2.75, 3.05) is 9.74 Å². The molecule has 9 heteroatoms. The summed E-state index contributed by atoms with van der Waals surface area (Å²) in [5.41, 5.74) is 2.58. The molecule has 0 unspecified atom stereocenters. The Morgan fingerprint density at radius 1 is 1.03 bits per heavy atom. The molecule has 0 aliphatic heterocycles. The summed E-state index contributed by atoms with van der Waals surface area (Å²) in [6.45, 7) is 6.99. The van der Waals surface area contributed by atoms with Gasteiger partial charge in [-0.1, -0.05) is 24.3 Å². The van der Waals surface area contributed by atoms with Gasteiger partial charge in [-0.05, 0) is 63.1 Å². The molecule has 0 radical (unpaired) electrons. The first-order valence-corrected chi connectivity index (χ1v) is 10.9. The number of anilines is 2. The number of nitrogens with zero attached hydrogens (tertiary/aromatic N) is 3. The van der Waals surface area contributed by atoms with Gasteiger partial charge < -0.3 is 10.1 Å². The van der Waals surface area contributed by atoms with E-state index in [1.807, 2.05) is 13.0 Å². The summed E-state index contributed by atoms with van der Waals surface area (Å²) in [6, 6.07) is 13.7. The number of halogens is 1. The van der Waals surface area contributed by atoms with E-state index in [4.69, 9.17) is 16.5 Å². The highest BCUT2D eigenvalue weighted by Crippen LogP contribution is 2.30. The minimum absolute atomic E-state index is 0.240. The van der Waals surface area contributed by atoms with E-state index >= 15 is 0 Å². The Morgan fingerprint density at radius 2 is 1.79 bits per heavy atom. The minimum atomic E-state index is -0.784. The van der Waals surface area contributed by atoms with Crippen molar-refractivity contribution in [3.63, 3.8) is 0 Å². The summed E-state index contributed by atoms with van der Waals surface area (Å²) in [5.74, 6) is -0.898. The molecule has 2 amide bonds. The van der Waals surface area contributed by atoms with Gasteiger partial charge >= 0.3 is 6.09 Å². The van der Waals surface area contributed by atoms with Crippen LogP contribution in [-0.4, -0.2) is 33.6 Å². The Kier molecular flexibility index (Phi) is 7.63. The molecule has 8 nitrogen and oxygen atoms in total. The second-order valence-corrected chi connectivity index (χ2v) is 8.98. The molecule has 1 aromatic heterocycles. The van der Waals surface area contributed by atoms with Crippen molar-refractivity contribution in [2.45, 2.75) is 39.7 Å². The van der Waals surface area contributed by atoms with E-state index in [-0.39, 0.29) is 23.6 Å². The normalized spacial score (nSPS) is 11.0. The summed E-state index contributed by atoms with van der Waals surface area (Å²) in [6.07, 6.45) is 1.99. The first-order chi connectivity index (χ1) is 16.0. The van der Waals surface area contributed by atoms with Crippen LogP contribution in [0.1, 0.15) is 43.1 Å². The van der Waals surface area contributed by atoms with Crippen molar-refractivity contribution in [1.29, 1.82) is 0 Å². The number of ketones is 1. The van der Waals surface area contributed by atoms with E-state index in [1.54, 1.807) is 75.6 Å². The third kappa shape index (κ3) is 6.62. The molecule has 1 N–H and O–H groups in total. The summed E-state index contributed by atoms with van der Waals surface area (Å²) in [4.78, 5) is 37.9. The standard InChI is InChI=1S/C25H25ClN4O4/c1-16-8-9-20(21(12-16)30(26)24(33)34-25(2,3)4)29-23(32)14-22(31)18-7-5-6-17(13-18)19-10-11-27-28-15-19/h5-13,15H,14H2,1-4H3,(H,29,32). The smallest absolute Gasteiger partial charge is 0.429 e. The van der Waals surface area contributed by atoms with Crippen molar-refractivity contribution in [2.24, 2.45) is 0 Å². The molecule has 0 spiro atoms. The summed E-state index contributed by atoms with van der Waals surface area (Å²) >= 11 is 6.23. The molecule has 0 atom stereocenters. The molecular weight excluding hydrogens is 456 g/mol. The first kappa shape index (κ1) is 24.9. The fourth-order valence-electron chi connectivity index (χ4n) is 3.09. The van der Waals surface area contributed by atoms with Crippen LogP contribution in [0.15, 0.2) is 60.9 Å². The van der Waals surface area contributed by atoms with Crippen LogP contribution in [0, 0.1) is 6.92 Å². The predicted octanol–water partition coefficient (Wildman–Crippen LogP) is 5.56. The molecule has 1 heterocycles. The molecule has 0 aliphatic carbocycles. The number of carbonyl (C=O) groups excluding carboxylic acids is 3. The van der Waals surface area contributed by atoms with Gasteiger partial charge in [-0.3, -0.25) is 9.59 Å². The molecule has 3 aromatic rings. The number of amides is 2. The summed E-state index contributed by atoms with van der Waals surface area (Å²) in [5, 5.41) is 10.3. The number of rotatable bonds is 6. The van der Waals surface area contributed by atoms with Crippen LogP contribution in [0.2, 0.25) is 0 Å². The number of ether oxygens (including phenoxy) is 1. The number of benzene rings is 2. The lowest BCUT2D eigenvalue weighted by molar-refractivity contribution is -0.115. The van der Waals surface area contributed by atoms with Gasteiger partial charge in [0.15, 0.2) is 5.78 Å². The van der Waals surface area contributed by atoms with Crippen molar-refractivity contribution < 1.29 is 19.1 Å². The number of Topliss-reactive ketones (excluding diaryl/α,β-unsaturated/α-hetero) is 1. The Morgan fingerprint density at radius 3 is 2.47 bits per heavy atom. The molecule has 2 aromatic carbocycles. The molecule has 0 fully saturated rings. The quantitative estimate of drug-likeness (QED) is 0.281. The summed E-state index contributed by atoms with van der Waals surface area (Å²) < 4.78 is 6.11. The Hall–Kier alpha value is -3.78. The molecule has 3 rings (SSSR count). The third-order valence-corrected chi connectivity index (χ3v) is 4.94. The topological polar surface area (TPSA) is 101 Å². The van der Waals surface area contributed by atoms with E-state index in [0.717, 1.165) is 21.1 Å². The number of hydrogen-bond acceptors (Lipinski definition) is 6. The van der Waals surface area contributed by atoms with Crippen LogP contribution in [0.3, 0.4) is 0 Å². The van der Waals surface area contributed by atoms with Gasteiger partial charge in [0.25, 0.3) is 0 Å². The summed E-state index contributed by atoms with van der Waals surface area (Å²) in [7, 11) is 0. The van der Waals surface area contributed by atoms with Gasteiger partial charge in [-0.2, -0.15) is 14.6 Å². The first-order valence-electron chi connectivity index (χ1n) is 10.5. The minimum Gasteiger partial charge on any atom is -0.443 e. The maximum atomic E-state index is 12.8. The molecule has 0 bridgehead atoms. The number of hydrogen-bond donors (Lipinski definition) is 1. The van der Waals surface area contributed by atoms with Crippen molar-refractivity contribution in [3.05, 3.63) is 72.1 Å². The Balaban J connectivity index is 1.74. The van der Waals surface area contributed by atoms with Gasteiger partial charge in [0.05, 0.1) is 30.2 Å². The lowest BCUT2D eigenvalue weighted by atomic mass is 10.0. The van der Waals surface area contributed by atoms with Crippen LogP contribution >= 0.6 is 11.8 Å². The zero-order valence-corrected chi connectivity index (χ0v) is 20.1. The highest BCUT2D eigenvalue weighted by molar-refractivity contribution is 6.36. The van der Waals surface area contributed by atoms with Gasteiger partial charge in [0.1, 0.15) is 5.60 Å².